The van der Waals surface area contributed by atoms with Gasteiger partial charge in [-0.1, -0.05) is 18.2 Å². The lowest BCUT2D eigenvalue weighted by atomic mass is 9.96. The number of methoxy groups -OCH3 is 1. The summed E-state index contributed by atoms with van der Waals surface area (Å²) in [6.45, 7) is 9.30. The number of carbonyl (C=O) groups excluding carboxylic acids is 1. The SMILES string of the molecule is COc1cc(C)c(S(=O)(=O)NC(N)=NCCC[C@H](NC(=O)[C@@H](N)Cc2c(C)cccc2C)C(O)c2nccs2)c(C)c1C. The molecule has 1 aromatic heterocycles. The van der Waals surface area contributed by atoms with Crippen molar-refractivity contribution in [3.8, 4) is 5.75 Å². The summed E-state index contributed by atoms with van der Waals surface area (Å²) in [5.41, 5.74) is 17.2. The molecule has 1 unspecified atom stereocenters. The summed E-state index contributed by atoms with van der Waals surface area (Å²) in [5.74, 6) is -0.0491. The lowest BCUT2D eigenvalue weighted by molar-refractivity contribution is -0.124. The van der Waals surface area contributed by atoms with Crippen LogP contribution in [0.1, 0.15) is 57.3 Å². The van der Waals surface area contributed by atoms with Crippen LogP contribution in [-0.4, -0.2) is 56.1 Å². The van der Waals surface area contributed by atoms with Crippen molar-refractivity contribution in [1.29, 1.82) is 0 Å². The number of guanidine groups is 1. The van der Waals surface area contributed by atoms with Crippen LogP contribution in [0.2, 0.25) is 0 Å². The molecule has 11 nitrogen and oxygen atoms in total. The van der Waals surface area contributed by atoms with E-state index in [9.17, 15) is 18.3 Å². The van der Waals surface area contributed by atoms with Crippen LogP contribution in [0.3, 0.4) is 0 Å². The maximum absolute atomic E-state index is 13.1. The highest BCUT2D eigenvalue weighted by molar-refractivity contribution is 7.90. The summed E-state index contributed by atoms with van der Waals surface area (Å²) in [6, 6.07) is 6.08. The molecule has 43 heavy (non-hydrogen) atoms. The van der Waals surface area contributed by atoms with E-state index in [0.29, 0.717) is 46.7 Å². The second-order valence-electron chi connectivity index (χ2n) is 10.6. The normalized spacial score (nSPS) is 14.2. The summed E-state index contributed by atoms with van der Waals surface area (Å²) >= 11 is 1.28. The molecule has 0 saturated heterocycles. The van der Waals surface area contributed by atoms with Gasteiger partial charge in [0.1, 0.15) is 16.9 Å². The molecule has 0 aliphatic rings. The number of carbonyl (C=O) groups is 1. The van der Waals surface area contributed by atoms with Gasteiger partial charge in [-0.2, -0.15) is 0 Å². The number of sulfonamides is 1. The van der Waals surface area contributed by atoms with E-state index < -0.39 is 28.2 Å². The zero-order valence-electron chi connectivity index (χ0n) is 25.5. The first-order chi connectivity index (χ1) is 20.3. The number of aliphatic hydroxyl groups excluding tert-OH is 1. The molecule has 0 aliphatic heterocycles. The number of aromatic nitrogens is 1. The van der Waals surface area contributed by atoms with Crippen molar-refractivity contribution in [2.75, 3.05) is 13.7 Å². The van der Waals surface area contributed by atoms with Crippen LogP contribution in [0.4, 0.5) is 0 Å². The molecule has 0 aliphatic carbocycles. The average molecular weight is 631 g/mol. The van der Waals surface area contributed by atoms with Crippen LogP contribution in [0, 0.1) is 34.6 Å². The van der Waals surface area contributed by atoms with Crippen LogP contribution in [0.15, 0.2) is 45.7 Å². The van der Waals surface area contributed by atoms with Gasteiger partial charge in [-0.25, -0.2) is 18.1 Å². The molecule has 0 fully saturated rings. The number of aryl methyl sites for hydroxylation is 3. The highest BCUT2D eigenvalue weighted by Crippen LogP contribution is 2.30. The number of amides is 1. The van der Waals surface area contributed by atoms with Gasteiger partial charge in [-0.15, -0.1) is 11.3 Å². The standard InChI is InChI=1S/C30H42N6O5S2/c1-17-9-7-10-18(2)22(17)16-23(31)28(38)35-24(26(37)29-33-13-14-42-29)11-8-12-34-30(32)36-43(39,40)27-19(3)15-25(41-6)20(4)21(27)5/h7,9-10,13-15,23-24,26,37H,8,11-12,16,31H2,1-6H3,(H,35,38)(H3,32,34,36)/t23-,24-,26?/m0/s1. The maximum Gasteiger partial charge on any atom is 0.264 e. The molecule has 1 heterocycles. The Kier molecular flexibility index (Phi) is 11.7. The van der Waals surface area contributed by atoms with Crippen molar-refractivity contribution in [1.82, 2.24) is 15.0 Å². The van der Waals surface area contributed by atoms with Gasteiger partial charge in [0.25, 0.3) is 10.0 Å². The fraction of sp³-hybridized carbons (Fsp3) is 0.433. The van der Waals surface area contributed by atoms with Crippen LogP contribution in [0.25, 0.3) is 0 Å². The van der Waals surface area contributed by atoms with E-state index in [-0.39, 0.29) is 23.3 Å². The predicted octanol–water partition coefficient (Wildman–Crippen LogP) is 2.86. The zero-order valence-corrected chi connectivity index (χ0v) is 27.1. The molecule has 3 aromatic rings. The van der Waals surface area contributed by atoms with Gasteiger partial charge in [-0.05, 0) is 93.3 Å². The number of rotatable bonds is 13. The topological polar surface area (TPSA) is 182 Å². The first kappa shape index (κ1) is 34.0. The highest BCUT2D eigenvalue weighted by atomic mass is 32.2. The number of nitrogens with two attached hydrogens (primary N) is 2. The Morgan fingerprint density at radius 1 is 1.14 bits per heavy atom. The van der Waals surface area contributed by atoms with Gasteiger partial charge in [0.15, 0.2) is 0 Å². The quantitative estimate of drug-likeness (QED) is 0.109. The smallest absolute Gasteiger partial charge is 0.264 e. The molecule has 3 rings (SSSR count). The second-order valence-corrected chi connectivity index (χ2v) is 13.1. The van der Waals surface area contributed by atoms with E-state index in [2.05, 4.69) is 20.0 Å². The second kappa shape index (κ2) is 14.8. The molecule has 0 spiro atoms. The Morgan fingerprint density at radius 2 is 1.81 bits per heavy atom. The van der Waals surface area contributed by atoms with Gasteiger partial charge in [0, 0.05) is 18.1 Å². The fourth-order valence-electron chi connectivity index (χ4n) is 5.01. The Balaban J connectivity index is 1.67. The molecule has 234 valence electrons. The van der Waals surface area contributed by atoms with Crippen molar-refractivity contribution in [3.05, 3.63) is 74.2 Å². The van der Waals surface area contributed by atoms with Gasteiger partial charge < -0.3 is 26.6 Å². The number of aliphatic imine (C=N–C) groups is 1. The molecule has 0 bridgehead atoms. The average Bonchev–Trinajstić information content (AvgIpc) is 3.48. The molecular formula is C30H42N6O5S2. The molecule has 0 radical (unpaired) electrons. The van der Waals surface area contributed by atoms with Gasteiger partial charge in [-0.3, -0.25) is 9.79 Å². The molecule has 0 saturated carbocycles. The summed E-state index contributed by atoms with van der Waals surface area (Å²) < 4.78 is 34.0. The van der Waals surface area contributed by atoms with Crippen molar-refractivity contribution in [3.63, 3.8) is 0 Å². The number of aliphatic hydroxyl groups is 1. The molecule has 3 atom stereocenters. The summed E-state index contributed by atoms with van der Waals surface area (Å²) in [6.07, 6.45) is 1.60. The number of thiazole rings is 1. The molecule has 13 heteroatoms. The van der Waals surface area contributed by atoms with Gasteiger partial charge >= 0.3 is 0 Å². The predicted molar refractivity (Wildman–Crippen MR) is 170 cm³/mol. The van der Waals surface area contributed by atoms with E-state index >= 15 is 0 Å². The van der Waals surface area contributed by atoms with E-state index in [1.54, 1.807) is 38.4 Å². The largest absolute Gasteiger partial charge is 0.496 e. The van der Waals surface area contributed by atoms with Crippen molar-refractivity contribution >= 4 is 33.2 Å². The Hall–Kier alpha value is -3.52. The number of hydrogen-bond donors (Lipinski definition) is 5. The van der Waals surface area contributed by atoms with Crippen molar-refractivity contribution in [2.45, 2.75) is 77.0 Å². The zero-order chi connectivity index (χ0) is 31.9. The third kappa shape index (κ3) is 8.53. The summed E-state index contributed by atoms with van der Waals surface area (Å²) in [5, 5.41) is 16.1. The molecule has 7 N–H and O–H groups in total. The van der Waals surface area contributed by atoms with E-state index in [1.807, 2.05) is 32.0 Å². The number of nitrogens with zero attached hydrogens (tertiary/aromatic N) is 2. The Labute approximate surface area is 257 Å². The number of hydrogen-bond acceptors (Lipinski definition) is 9. The summed E-state index contributed by atoms with van der Waals surface area (Å²) in [4.78, 5) is 21.6. The Morgan fingerprint density at radius 3 is 2.42 bits per heavy atom. The minimum Gasteiger partial charge on any atom is -0.496 e. The van der Waals surface area contributed by atoms with E-state index in [1.165, 1.54) is 18.4 Å². The maximum atomic E-state index is 13.1. The minimum absolute atomic E-state index is 0.121. The molecule has 2 aromatic carbocycles. The molecular weight excluding hydrogens is 589 g/mol. The number of ether oxygens (including phenoxy) is 1. The van der Waals surface area contributed by atoms with Gasteiger partial charge in [0.05, 0.1) is 24.1 Å². The third-order valence-corrected chi connectivity index (χ3v) is 9.97. The lowest BCUT2D eigenvalue weighted by Gasteiger charge is -2.25. The Bertz CT molecular complexity index is 1540. The number of nitrogens with one attached hydrogen (secondary N) is 2. The first-order valence-electron chi connectivity index (χ1n) is 13.9. The van der Waals surface area contributed by atoms with Crippen LogP contribution < -0.4 is 26.2 Å². The van der Waals surface area contributed by atoms with Gasteiger partial charge in [0.2, 0.25) is 11.9 Å². The monoisotopic (exact) mass is 630 g/mol. The van der Waals surface area contributed by atoms with E-state index in [0.717, 1.165) is 16.7 Å². The third-order valence-electron chi connectivity index (χ3n) is 7.48. The van der Waals surface area contributed by atoms with Crippen LogP contribution >= 0.6 is 11.3 Å². The highest BCUT2D eigenvalue weighted by Gasteiger charge is 2.27. The fourth-order valence-corrected chi connectivity index (χ4v) is 7.18. The minimum atomic E-state index is -4.00. The van der Waals surface area contributed by atoms with Crippen LogP contribution in [0.5, 0.6) is 5.75 Å². The van der Waals surface area contributed by atoms with Crippen molar-refractivity contribution in [2.24, 2.45) is 16.5 Å². The van der Waals surface area contributed by atoms with Crippen molar-refractivity contribution < 1.29 is 23.1 Å². The number of benzene rings is 2. The lowest BCUT2D eigenvalue weighted by Crippen LogP contribution is -2.48. The molecule has 1 amide bonds. The summed E-state index contributed by atoms with van der Waals surface area (Å²) in [7, 11) is -2.47. The van der Waals surface area contributed by atoms with E-state index in [4.69, 9.17) is 16.2 Å². The first-order valence-corrected chi connectivity index (χ1v) is 16.3. The van der Waals surface area contributed by atoms with Crippen LogP contribution in [-0.2, 0) is 21.2 Å².